The van der Waals surface area contributed by atoms with E-state index in [2.05, 4.69) is 104 Å². The van der Waals surface area contributed by atoms with Gasteiger partial charge >= 0.3 is 0 Å². The Hall–Kier alpha value is -7.89. The molecule has 0 radical (unpaired) electrons. The van der Waals surface area contributed by atoms with Gasteiger partial charge in [0.2, 0.25) is 17.8 Å². The molecule has 0 saturated heterocycles. The van der Waals surface area contributed by atoms with Crippen molar-refractivity contribution in [2.45, 2.75) is 78.6 Å². The van der Waals surface area contributed by atoms with Gasteiger partial charge in [-0.1, -0.05) is 135 Å². The summed E-state index contributed by atoms with van der Waals surface area (Å²) in [4.78, 5) is 40.3. The average Bonchev–Trinajstić information content (AvgIpc) is 4.08. The van der Waals surface area contributed by atoms with Gasteiger partial charge in [-0.3, -0.25) is 13.7 Å². The van der Waals surface area contributed by atoms with Crippen LogP contribution < -0.4 is 0 Å². The normalized spacial score (nSPS) is 12.0. The summed E-state index contributed by atoms with van der Waals surface area (Å²) in [6.45, 7) is 19.5. The number of hydrogen-bond donors (Lipinski definition) is 2. The van der Waals surface area contributed by atoms with Crippen LogP contribution in [0.3, 0.4) is 0 Å². The number of phenols is 2. The number of pyridine rings is 2. The van der Waals surface area contributed by atoms with Gasteiger partial charge in [-0.05, 0) is 84.9 Å². The largest absolute Gasteiger partial charge is 0.507 e. The first-order chi connectivity index (χ1) is 33.9. The first-order valence-electron chi connectivity index (χ1n) is 23.7. The molecule has 13 nitrogen and oxygen atoms in total. The monoisotopic (exact) mass is 1130 g/mol. The fourth-order valence-electron chi connectivity index (χ4n) is 8.67. The number of fused-ring (bicyclic) bond motifs is 3. The predicted octanol–water partition coefficient (Wildman–Crippen LogP) is 12.7. The number of para-hydroxylation sites is 8. The number of benzene rings is 5. The van der Waals surface area contributed by atoms with Crippen LogP contribution in [0.1, 0.15) is 79.8 Å². The standard InChI is InChI=1S/C36H39N9.C22H16N2O2.Pt/c1-34(2,3)28-37-22-16-10-13-19-25(22)43(28)31-40-32(44-26-20-14-11-17-23(26)38-29(44)35(4,5)6)42-33(41-31)45-27-21-15-12-18-24(27)39-30(45)36(7,8)9;25-21-13-3-1-7-15(21)17-9-5-11-19(23-17)20-12-6-10-18(24-20)16-8-2-4-14-22(16)26;/h10-21H,1-9H3;1-14,25-26H;. The smallest absolute Gasteiger partial charge is 0.242 e. The maximum Gasteiger partial charge on any atom is 0.242 e. The van der Waals surface area contributed by atoms with E-state index in [1.54, 1.807) is 24.3 Å². The molecular formula is C58H55N11O2Pt. The Bertz CT molecular complexity index is 3430. The van der Waals surface area contributed by atoms with E-state index < -0.39 is 0 Å². The number of nitrogens with zero attached hydrogens (tertiary/aromatic N) is 11. The minimum Gasteiger partial charge on any atom is -0.507 e. The summed E-state index contributed by atoms with van der Waals surface area (Å²) in [5.74, 6) is 4.44. The summed E-state index contributed by atoms with van der Waals surface area (Å²) in [7, 11) is 0. The van der Waals surface area contributed by atoms with Crippen molar-refractivity contribution >= 4 is 33.1 Å². The van der Waals surface area contributed by atoms with Crippen molar-refractivity contribution in [1.82, 2.24) is 53.6 Å². The van der Waals surface area contributed by atoms with Gasteiger partial charge in [0.15, 0.2) is 0 Å². The number of rotatable bonds is 6. The molecular weight excluding hydrogens is 1080 g/mol. The van der Waals surface area contributed by atoms with E-state index in [9.17, 15) is 10.2 Å². The van der Waals surface area contributed by atoms with Gasteiger partial charge in [0.25, 0.3) is 0 Å². The Morgan fingerprint density at radius 1 is 0.306 bits per heavy atom. The maximum absolute atomic E-state index is 10.1. The van der Waals surface area contributed by atoms with Crippen LogP contribution in [0.2, 0.25) is 0 Å². The molecule has 0 bridgehead atoms. The molecule has 0 fully saturated rings. The first kappa shape index (κ1) is 49.1. The van der Waals surface area contributed by atoms with E-state index in [1.165, 1.54) is 0 Å². The van der Waals surface area contributed by atoms with Gasteiger partial charge in [0, 0.05) is 48.4 Å². The molecule has 6 aromatic heterocycles. The van der Waals surface area contributed by atoms with Crippen LogP contribution in [-0.2, 0) is 37.3 Å². The van der Waals surface area contributed by atoms with Crippen LogP contribution in [0.5, 0.6) is 11.5 Å². The van der Waals surface area contributed by atoms with Crippen LogP contribution in [0.15, 0.2) is 158 Å². The van der Waals surface area contributed by atoms with Crippen molar-refractivity contribution in [2.75, 3.05) is 0 Å². The zero-order chi connectivity index (χ0) is 49.8. The molecule has 0 aliphatic carbocycles. The minimum absolute atomic E-state index is 0. The summed E-state index contributed by atoms with van der Waals surface area (Å²) in [5.41, 5.74) is 8.69. The third kappa shape index (κ3) is 9.40. The molecule has 0 saturated carbocycles. The van der Waals surface area contributed by atoms with Crippen LogP contribution in [0.25, 0.3) is 84.8 Å². The SMILES string of the molecule is CC(C)(C)c1nc2ccccc2n1-c1nc(-n2c(C(C)(C)C)nc3ccccc32)nc(-n2c(C(C)(C)C)nc3ccccc32)n1.Oc1ccccc1-c1cccc(-c2cccc(-c3ccccc3O)n2)n1.[Pt]. The summed E-state index contributed by atoms with van der Waals surface area (Å²) >= 11 is 0. The van der Waals surface area contributed by atoms with Crippen LogP contribution in [0.4, 0.5) is 0 Å². The number of imidazole rings is 3. The Morgan fingerprint density at radius 3 is 0.889 bits per heavy atom. The third-order valence-corrected chi connectivity index (χ3v) is 12.0. The maximum atomic E-state index is 10.1. The van der Waals surface area contributed by atoms with E-state index in [-0.39, 0.29) is 48.8 Å². The molecule has 6 heterocycles. The molecule has 0 unspecified atom stereocenters. The molecule has 0 aliphatic heterocycles. The number of hydrogen-bond acceptors (Lipinski definition) is 10. The van der Waals surface area contributed by atoms with Crippen molar-refractivity contribution in [2.24, 2.45) is 0 Å². The second-order valence-electron chi connectivity index (χ2n) is 20.6. The van der Waals surface area contributed by atoms with Gasteiger partial charge < -0.3 is 10.2 Å². The van der Waals surface area contributed by atoms with Gasteiger partial charge in [-0.25, -0.2) is 24.9 Å². The molecule has 11 aromatic rings. The summed E-state index contributed by atoms with van der Waals surface area (Å²) in [6, 6.07) is 49.9. The van der Waals surface area contributed by atoms with Gasteiger partial charge in [-0.15, -0.1) is 0 Å². The fourth-order valence-corrected chi connectivity index (χ4v) is 8.67. The zero-order valence-corrected chi connectivity index (χ0v) is 43.9. The Labute approximate surface area is 432 Å². The predicted molar refractivity (Wildman–Crippen MR) is 281 cm³/mol. The Morgan fingerprint density at radius 2 is 0.583 bits per heavy atom. The number of aromatic hydroxyl groups is 2. The molecule has 0 spiro atoms. The molecule has 2 N–H and O–H groups in total. The van der Waals surface area contributed by atoms with Crippen LogP contribution >= 0.6 is 0 Å². The quantitative estimate of drug-likeness (QED) is 0.164. The first-order valence-corrected chi connectivity index (χ1v) is 23.7. The van der Waals surface area contributed by atoms with E-state index in [4.69, 9.17) is 29.9 Å². The van der Waals surface area contributed by atoms with Crippen molar-refractivity contribution in [3.05, 3.63) is 175 Å². The van der Waals surface area contributed by atoms with E-state index in [0.717, 1.165) is 50.6 Å². The molecule has 0 atom stereocenters. The number of aromatic nitrogens is 11. The molecule has 11 rings (SSSR count). The Kier molecular flexibility index (Phi) is 13.0. The molecule has 5 aromatic carbocycles. The van der Waals surface area contributed by atoms with Crippen molar-refractivity contribution < 1.29 is 31.3 Å². The van der Waals surface area contributed by atoms with Gasteiger partial charge in [0.05, 0.1) is 55.9 Å². The molecule has 364 valence electrons. The Balaban J connectivity index is 0.000000202. The third-order valence-electron chi connectivity index (χ3n) is 12.0. The van der Waals surface area contributed by atoms with Crippen LogP contribution in [-0.4, -0.2) is 63.8 Å². The summed E-state index contributed by atoms with van der Waals surface area (Å²) in [5, 5.41) is 20.1. The van der Waals surface area contributed by atoms with Crippen molar-refractivity contribution in [3.8, 4) is 63.2 Å². The van der Waals surface area contributed by atoms with Crippen molar-refractivity contribution in [3.63, 3.8) is 0 Å². The van der Waals surface area contributed by atoms with Gasteiger partial charge in [-0.2, -0.15) is 15.0 Å². The molecule has 0 amide bonds. The molecule has 14 heteroatoms. The second kappa shape index (κ2) is 19.0. The van der Waals surface area contributed by atoms with Crippen LogP contribution in [0, 0.1) is 0 Å². The summed E-state index contributed by atoms with van der Waals surface area (Å²) in [6.07, 6.45) is 0. The number of phenolic OH excluding ortho intramolecular Hbond substituents is 2. The van der Waals surface area contributed by atoms with E-state index >= 15 is 0 Å². The summed E-state index contributed by atoms with van der Waals surface area (Å²) < 4.78 is 6.24. The van der Waals surface area contributed by atoms with Crippen molar-refractivity contribution in [1.29, 1.82) is 0 Å². The zero-order valence-electron chi connectivity index (χ0n) is 41.6. The van der Waals surface area contributed by atoms with E-state index in [0.29, 0.717) is 51.7 Å². The minimum atomic E-state index is -0.289. The topological polar surface area (TPSA) is 158 Å². The van der Waals surface area contributed by atoms with Gasteiger partial charge in [0.1, 0.15) is 29.0 Å². The second-order valence-corrected chi connectivity index (χ2v) is 20.6. The average molecular weight is 1130 g/mol. The molecule has 72 heavy (non-hydrogen) atoms. The fraction of sp³-hybridized carbons (Fsp3) is 0.207. The molecule has 0 aliphatic rings. The van der Waals surface area contributed by atoms with E-state index in [1.807, 2.05) is 115 Å².